The first kappa shape index (κ1) is 14.0. The summed E-state index contributed by atoms with van der Waals surface area (Å²) >= 11 is 0. The Kier molecular flexibility index (Phi) is 5.35. The summed E-state index contributed by atoms with van der Waals surface area (Å²) in [7, 11) is 0. The maximum atomic E-state index is 12.1. The number of hydrogen-bond acceptors (Lipinski definition) is 2. The van der Waals surface area contributed by atoms with E-state index in [-0.39, 0.29) is 6.61 Å². The van der Waals surface area contributed by atoms with E-state index < -0.39 is 24.7 Å². The fourth-order valence-corrected chi connectivity index (χ4v) is 0.753. The summed E-state index contributed by atoms with van der Waals surface area (Å²) < 4.78 is 40.9. The zero-order chi connectivity index (χ0) is 12.1. The highest BCUT2D eigenvalue weighted by Gasteiger charge is 2.45. The summed E-state index contributed by atoms with van der Waals surface area (Å²) in [4.78, 5) is 10.3. The highest BCUT2D eigenvalue weighted by atomic mass is 19.4. The van der Waals surface area contributed by atoms with Gasteiger partial charge in [0.1, 0.15) is 0 Å². The Bertz CT molecular complexity index is 235. The molecule has 0 aromatic heterocycles. The Labute approximate surface area is 85.5 Å². The fourth-order valence-electron chi connectivity index (χ4n) is 0.753. The Morgan fingerprint density at radius 2 is 2.07 bits per heavy atom. The molecule has 0 rings (SSSR count). The third kappa shape index (κ3) is 6.11. The highest BCUT2D eigenvalue weighted by Crippen LogP contribution is 2.26. The van der Waals surface area contributed by atoms with E-state index in [1.807, 2.05) is 0 Å². The van der Waals surface area contributed by atoms with Gasteiger partial charge in [-0.1, -0.05) is 5.57 Å². The van der Waals surface area contributed by atoms with Crippen molar-refractivity contribution in [2.45, 2.75) is 19.5 Å². The summed E-state index contributed by atoms with van der Waals surface area (Å²) in [6, 6.07) is 0. The Balaban J connectivity index is 3.99. The molecule has 0 aliphatic carbocycles. The van der Waals surface area contributed by atoms with Crippen LogP contribution in [0.5, 0.6) is 0 Å². The van der Waals surface area contributed by atoms with Crippen LogP contribution in [0, 0.1) is 5.92 Å². The van der Waals surface area contributed by atoms with Gasteiger partial charge in [-0.2, -0.15) is 13.2 Å². The topological polar surface area (TPSA) is 46.5 Å². The molecule has 1 N–H and O–H groups in total. The van der Waals surface area contributed by atoms with Gasteiger partial charge in [0, 0.05) is 0 Å². The van der Waals surface area contributed by atoms with Gasteiger partial charge in [-0.25, -0.2) is 0 Å². The number of ether oxygens (including phenoxy) is 1. The number of aliphatic carboxylic acids is 1. The van der Waals surface area contributed by atoms with E-state index in [4.69, 9.17) is 5.11 Å². The average Bonchev–Trinajstić information content (AvgIpc) is 1.99. The molecule has 1 unspecified atom stereocenters. The number of carboxylic acids is 1. The van der Waals surface area contributed by atoms with E-state index in [1.54, 1.807) is 6.92 Å². The van der Waals surface area contributed by atoms with Crippen LogP contribution in [0.2, 0.25) is 0 Å². The van der Waals surface area contributed by atoms with E-state index in [9.17, 15) is 18.0 Å². The lowest BCUT2D eigenvalue weighted by Crippen LogP contribution is -2.34. The van der Waals surface area contributed by atoms with Gasteiger partial charge in [0.25, 0.3) is 0 Å². The molecule has 0 saturated carbocycles. The lowest BCUT2D eigenvalue weighted by atomic mass is 10.1. The summed E-state index contributed by atoms with van der Waals surface area (Å²) in [5.74, 6) is -4.37. The Hall–Kier alpha value is -1.04. The second-order valence-electron chi connectivity index (χ2n) is 3.21. The molecule has 0 bridgehead atoms. The third-order valence-electron chi connectivity index (χ3n) is 1.65. The zero-order valence-electron chi connectivity index (χ0n) is 8.30. The quantitative estimate of drug-likeness (QED) is 0.558. The number of halogens is 3. The predicted molar refractivity (Wildman–Crippen MR) is 47.4 cm³/mol. The first-order valence-electron chi connectivity index (χ1n) is 4.26. The summed E-state index contributed by atoms with van der Waals surface area (Å²) in [5, 5.41) is 8.30. The molecular weight excluding hydrogens is 213 g/mol. The number of carbonyl (C=O) groups is 1. The van der Waals surface area contributed by atoms with Crippen LogP contribution in [0.4, 0.5) is 13.2 Å². The number of carboxylic acid groups (broad SMARTS) is 1. The molecule has 3 nitrogen and oxygen atoms in total. The lowest BCUT2D eigenvalue weighted by molar-refractivity contribution is -0.202. The average molecular weight is 226 g/mol. The minimum absolute atomic E-state index is 0.0508. The van der Waals surface area contributed by atoms with Crippen molar-refractivity contribution in [1.82, 2.24) is 0 Å². The minimum Gasteiger partial charge on any atom is -0.481 e. The van der Waals surface area contributed by atoms with Crippen molar-refractivity contribution in [1.29, 1.82) is 0 Å². The van der Waals surface area contributed by atoms with Crippen molar-refractivity contribution >= 4 is 5.97 Å². The minimum atomic E-state index is -4.77. The molecule has 0 radical (unpaired) electrons. The normalized spacial score (nSPS) is 13.6. The second kappa shape index (κ2) is 5.75. The molecule has 0 saturated heterocycles. The van der Waals surface area contributed by atoms with Gasteiger partial charge >= 0.3 is 12.1 Å². The largest absolute Gasteiger partial charge is 0.481 e. The molecule has 6 heteroatoms. The Morgan fingerprint density at radius 3 is 2.40 bits per heavy atom. The maximum absolute atomic E-state index is 12.1. The van der Waals surface area contributed by atoms with E-state index in [1.165, 1.54) is 0 Å². The molecule has 0 aliphatic heterocycles. The molecular formula is C9H13F3O3. The molecule has 0 aliphatic rings. The van der Waals surface area contributed by atoms with Gasteiger partial charge in [0.05, 0.1) is 13.2 Å². The van der Waals surface area contributed by atoms with Crippen LogP contribution in [0.1, 0.15) is 13.3 Å². The van der Waals surface area contributed by atoms with Crippen molar-refractivity contribution < 1.29 is 27.8 Å². The van der Waals surface area contributed by atoms with E-state index in [2.05, 4.69) is 11.3 Å². The lowest BCUT2D eigenvalue weighted by Gasteiger charge is -2.15. The van der Waals surface area contributed by atoms with E-state index in [0.717, 1.165) is 5.57 Å². The molecule has 0 spiro atoms. The summed E-state index contributed by atoms with van der Waals surface area (Å²) in [5.41, 5.74) is 0.772. The van der Waals surface area contributed by atoms with Gasteiger partial charge < -0.3 is 9.84 Å². The van der Waals surface area contributed by atoms with Crippen LogP contribution in [0.15, 0.2) is 12.2 Å². The molecule has 15 heavy (non-hydrogen) atoms. The van der Waals surface area contributed by atoms with Gasteiger partial charge in [-0.3, -0.25) is 4.79 Å². The molecule has 0 aromatic rings. The standard InChI is InChI=1S/C9H13F3O3/c1-6(2)3-4-15-5-7(8(13)14)9(10,11)12/h7H,1,3-5H2,2H3,(H,13,14). The number of alkyl halides is 3. The van der Waals surface area contributed by atoms with E-state index >= 15 is 0 Å². The SMILES string of the molecule is C=C(C)CCOCC(C(=O)O)C(F)(F)F. The number of hydrogen-bond donors (Lipinski definition) is 1. The molecule has 0 aromatic carbocycles. The van der Waals surface area contributed by atoms with Crippen LogP contribution in [0.25, 0.3) is 0 Å². The van der Waals surface area contributed by atoms with Crippen molar-refractivity contribution in [2.24, 2.45) is 5.92 Å². The summed E-state index contributed by atoms with van der Waals surface area (Å²) in [6.45, 7) is 4.44. The molecule has 0 heterocycles. The van der Waals surface area contributed by atoms with Crippen LogP contribution >= 0.6 is 0 Å². The van der Waals surface area contributed by atoms with Gasteiger partial charge in [-0.05, 0) is 13.3 Å². The second-order valence-corrected chi connectivity index (χ2v) is 3.21. The van der Waals surface area contributed by atoms with Crippen LogP contribution in [-0.4, -0.2) is 30.5 Å². The fraction of sp³-hybridized carbons (Fsp3) is 0.667. The van der Waals surface area contributed by atoms with Crippen molar-refractivity contribution in [3.63, 3.8) is 0 Å². The first-order chi connectivity index (χ1) is 6.75. The molecule has 88 valence electrons. The monoisotopic (exact) mass is 226 g/mol. The summed E-state index contributed by atoms with van der Waals surface area (Å²) in [6.07, 6.45) is -4.35. The molecule has 1 atom stereocenters. The molecule has 0 fully saturated rings. The van der Waals surface area contributed by atoms with E-state index in [0.29, 0.717) is 6.42 Å². The van der Waals surface area contributed by atoms with Gasteiger partial charge in [-0.15, -0.1) is 6.58 Å². The van der Waals surface area contributed by atoms with Crippen molar-refractivity contribution in [3.8, 4) is 0 Å². The maximum Gasteiger partial charge on any atom is 0.404 e. The van der Waals surface area contributed by atoms with Gasteiger partial charge in [0.2, 0.25) is 0 Å². The van der Waals surface area contributed by atoms with Gasteiger partial charge in [0.15, 0.2) is 5.92 Å². The third-order valence-corrected chi connectivity index (χ3v) is 1.65. The first-order valence-corrected chi connectivity index (χ1v) is 4.26. The highest BCUT2D eigenvalue weighted by molar-refractivity contribution is 5.71. The van der Waals surface area contributed by atoms with Crippen LogP contribution in [0.3, 0.4) is 0 Å². The Morgan fingerprint density at radius 1 is 1.53 bits per heavy atom. The van der Waals surface area contributed by atoms with Crippen LogP contribution < -0.4 is 0 Å². The smallest absolute Gasteiger partial charge is 0.404 e. The number of rotatable bonds is 6. The predicted octanol–water partition coefficient (Wildman–Crippen LogP) is 2.23. The molecule has 0 amide bonds. The zero-order valence-corrected chi connectivity index (χ0v) is 8.30. The van der Waals surface area contributed by atoms with Crippen molar-refractivity contribution in [3.05, 3.63) is 12.2 Å². The van der Waals surface area contributed by atoms with Crippen LogP contribution in [-0.2, 0) is 9.53 Å². The van der Waals surface area contributed by atoms with Crippen molar-refractivity contribution in [2.75, 3.05) is 13.2 Å².